The highest BCUT2D eigenvalue weighted by molar-refractivity contribution is 7.80. The zero-order valence-electron chi connectivity index (χ0n) is 12.7. The van der Waals surface area contributed by atoms with Crippen molar-refractivity contribution in [3.05, 3.63) is 60.2 Å². The Morgan fingerprint density at radius 3 is 2.26 bits per heavy atom. The number of benzene rings is 4. The second-order valence-electron chi connectivity index (χ2n) is 5.83. The Hall–Kier alpha value is -2.26. The van der Waals surface area contributed by atoms with E-state index in [0.717, 1.165) is 5.56 Å². The maximum absolute atomic E-state index is 11.7. The normalized spacial score (nSPS) is 11.5. The van der Waals surface area contributed by atoms with E-state index in [1.165, 1.54) is 32.3 Å². The number of nitrogens with one attached hydrogen (secondary N) is 1. The molecular weight excluding hydrogens is 302 g/mol. The van der Waals surface area contributed by atoms with Gasteiger partial charge < -0.3 is 5.32 Å². The van der Waals surface area contributed by atoms with Crippen molar-refractivity contribution in [2.24, 2.45) is 0 Å². The highest BCUT2D eigenvalue weighted by Crippen LogP contribution is 2.35. The number of thiol groups is 1. The van der Waals surface area contributed by atoms with Crippen LogP contribution in [0.5, 0.6) is 0 Å². The molecule has 1 amide bonds. The molecule has 23 heavy (non-hydrogen) atoms. The molecule has 4 aromatic carbocycles. The molecule has 0 saturated carbocycles. The molecule has 0 bridgehead atoms. The van der Waals surface area contributed by atoms with Crippen molar-refractivity contribution in [2.75, 3.05) is 5.75 Å². The lowest BCUT2D eigenvalue weighted by Crippen LogP contribution is -2.22. The van der Waals surface area contributed by atoms with E-state index < -0.39 is 0 Å². The van der Waals surface area contributed by atoms with E-state index >= 15 is 0 Å². The third kappa shape index (κ3) is 2.41. The third-order valence-corrected chi connectivity index (χ3v) is 4.66. The van der Waals surface area contributed by atoms with Crippen LogP contribution in [-0.4, -0.2) is 11.7 Å². The molecular formula is C20H17NOS. The minimum absolute atomic E-state index is 0.0469. The molecule has 4 rings (SSSR count). The van der Waals surface area contributed by atoms with Crippen molar-refractivity contribution in [1.29, 1.82) is 0 Å². The van der Waals surface area contributed by atoms with Crippen molar-refractivity contribution in [3.8, 4) is 0 Å². The molecule has 0 saturated heterocycles. The molecule has 0 radical (unpaired) electrons. The summed E-state index contributed by atoms with van der Waals surface area (Å²) in [5.74, 6) is 0.621. The van der Waals surface area contributed by atoms with Crippen LogP contribution < -0.4 is 5.32 Å². The minimum atomic E-state index is 0.0469. The summed E-state index contributed by atoms with van der Waals surface area (Å²) in [5.41, 5.74) is 1.16. The number of hydrogen-bond donors (Lipinski definition) is 2. The highest BCUT2D eigenvalue weighted by atomic mass is 32.1. The lowest BCUT2D eigenvalue weighted by molar-refractivity contribution is -0.120. The summed E-state index contributed by atoms with van der Waals surface area (Å²) >= 11 is 4.10. The molecule has 0 aliphatic rings. The zero-order valence-corrected chi connectivity index (χ0v) is 13.6. The molecule has 0 heterocycles. The van der Waals surface area contributed by atoms with Gasteiger partial charge in [0.2, 0.25) is 5.91 Å². The quantitative estimate of drug-likeness (QED) is 0.420. The van der Waals surface area contributed by atoms with E-state index in [9.17, 15) is 4.79 Å². The van der Waals surface area contributed by atoms with Gasteiger partial charge in [-0.3, -0.25) is 4.79 Å². The molecule has 0 aliphatic heterocycles. The number of rotatable bonds is 4. The first-order chi connectivity index (χ1) is 11.3. The lowest BCUT2D eigenvalue weighted by atomic mass is 9.92. The van der Waals surface area contributed by atoms with Crippen molar-refractivity contribution in [1.82, 2.24) is 5.32 Å². The van der Waals surface area contributed by atoms with E-state index in [2.05, 4.69) is 72.5 Å². The van der Waals surface area contributed by atoms with Gasteiger partial charge in [-0.1, -0.05) is 54.6 Å². The van der Waals surface area contributed by atoms with Crippen LogP contribution in [0.1, 0.15) is 12.0 Å². The first-order valence-corrected chi connectivity index (χ1v) is 8.44. The van der Waals surface area contributed by atoms with Gasteiger partial charge in [0.1, 0.15) is 0 Å². The largest absolute Gasteiger partial charge is 0.352 e. The van der Waals surface area contributed by atoms with Gasteiger partial charge in [-0.15, -0.1) is 0 Å². The Bertz CT molecular complexity index is 993. The summed E-state index contributed by atoms with van der Waals surface area (Å²) in [6.45, 7) is 0.556. The molecule has 0 fully saturated rings. The SMILES string of the molecule is O=C(CCS)NCc1ccc2ccc3cccc4ccc1c2c34. The summed E-state index contributed by atoms with van der Waals surface area (Å²) < 4.78 is 0. The van der Waals surface area contributed by atoms with E-state index in [1.54, 1.807) is 0 Å². The van der Waals surface area contributed by atoms with Crippen LogP contribution in [0, 0.1) is 0 Å². The fourth-order valence-corrected chi connectivity index (χ4v) is 3.54. The van der Waals surface area contributed by atoms with Gasteiger partial charge in [-0.05, 0) is 43.6 Å². The number of carbonyl (C=O) groups excluding carboxylic acids is 1. The molecule has 0 spiro atoms. The van der Waals surface area contributed by atoms with Crippen LogP contribution in [0.25, 0.3) is 32.3 Å². The van der Waals surface area contributed by atoms with Gasteiger partial charge in [0.25, 0.3) is 0 Å². The van der Waals surface area contributed by atoms with Gasteiger partial charge in [-0.2, -0.15) is 12.6 Å². The Labute approximate surface area is 140 Å². The van der Waals surface area contributed by atoms with E-state index in [1.807, 2.05) is 0 Å². The van der Waals surface area contributed by atoms with Crippen LogP contribution in [0.4, 0.5) is 0 Å². The smallest absolute Gasteiger partial charge is 0.221 e. The third-order valence-electron chi connectivity index (χ3n) is 4.43. The van der Waals surface area contributed by atoms with Crippen LogP contribution in [0.2, 0.25) is 0 Å². The molecule has 1 N–H and O–H groups in total. The predicted molar refractivity (Wildman–Crippen MR) is 100 cm³/mol. The molecule has 2 nitrogen and oxygen atoms in total. The van der Waals surface area contributed by atoms with Crippen molar-refractivity contribution < 1.29 is 4.79 Å². The standard InChI is InChI=1S/C20H17NOS/c22-18(10-11-23)21-12-16-7-6-15-5-4-13-2-1-3-14-8-9-17(16)20(15)19(13)14/h1-9,23H,10-12H2,(H,21,22). The predicted octanol–water partition coefficient (Wildman–Crippen LogP) is 4.52. The van der Waals surface area contributed by atoms with Gasteiger partial charge in [0.05, 0.1) is 0 Å². The van der Waals surface area contributed by atoms with Crippen LogP contribution in [0.3, 0.4) is 0 Å². The molecule has 0 unspecified atom stereocenters. The molecule has 0 atom stereocenters. The van der Waals surface area contributed by atoms with E-state index in [4.69, 9.17) is 0 Å². The maximum atomic E-state index is 11.7. The summed E-state index contributed by atoms with van der Waals surface area (Å²) in [6.07, 6.45) is 0.453. The minimum Gasteiger partial charge on any atom is -0.352 e. The topological polar surface area (TPSA) is 29.1 Å². The first kappa shape index (κ1) is 14.3. The number of amides is 1. The van der Waals surface area contributed by atoms with Crippen molar-refractivity contribution >= 4 is 50.9 Å². The van der Waals surface area contributed by atoms with Crippen LogP contribution in [-0.2, 0) is 11.3 Å². The fraction of sp³-hybridized carbons (Fsp3) is 0.150. The van der Waals surface area contributed by atoms with Gasteiger partial charge in [-0.25, -0.2) is 0 Å². The summed E-state index contributed by atoms with van der Waals surface area (Å²) in [5, 5.41) is 10.6. The van der Waals surface area contributed by atoms with Crippen LogP contribution >= 0.6 is 12.6 Å². The Morgan fingerprint density at radius 2 is 1.52 bits per heavy atom. The maximum Gasteiger partial charge on any atom is 0.221 e. The summed E-state index contributed by atoms with van der Waals surface area (Å²) in [4.78, 5) is 11.7. The molecule has 0 aliphatic carbocycles. The van der Waals surface area contributed by atoms with Gasteiger partial charge in [0, 0.05) is 13.0 Å². The Morgan fingerprint density at radius 1 is 0.870 bits per heavy atom. The van der Waals surface area contributed by atoms with Crippen LogP contribution in [0.15, 0.2) is 54.6 Å². The van der Waals surface area contributed by atoms with Crippen molar-refractivity contribution in [3.63, 3.8) is 0 Å². The van der Waals surface area contributed by atoms with Crippen molar-refractivity contribution in [2.45, 2.75) is 13.0 Å². The summed E-state index contributed by atoms with van der Waals surface area (Å²) in [6, 6.07) is 19.4. The molecule has 114 valence electrons. The monoisotopic (exact) mass is 319 g/mol. The van der Waals surface area contributed by atoms with Gasteiger partial charge in [0.15, 0.2) is 0 Å². The highest BCUT2D eigenvalue weighted by Gasteiger charge is 2.11. The molecule has 4 aromatic rings. The Balaban J connectivity index is 1.88. The van der Waals surface area contributed by atoms with E-state index in [-0.39, 0.29) is 5.91 Å². The lowest BCUT2D eigenvalue weighted by Gasteiger charge is -2.14. The van der Waals surface area contributed by atoms with Gasteiger partial charge >= 0.3 is 0 Å². The number of hydrogen-bond acceptors (Lipinski definition) is 2. The zero-order chi connectivity index (χ0) is 15.8. The first-order valence-electron chi connectivity index (χ1n) is 7.81. The van der Waals surface area contributed by atoms with E-state index in [0.29, 0.717) is 18.7 Å². The Kier molecular flexibility index (Phi) is 3.58. The number of carbonyl (C=O) groups is 1. The molecule has 0 aromatic heterocycles. The summed E-state index contributed by atoms with van der Waals surface area (Å²) in [7, 11) is 0. The molecule has 3 heteroatoms. The second-order valence-corrected chi connectivity index (χ2v) is 6.28. The average Bonchev–Trinajstić information content (AvgIpc) is 2.58. The average molecular weight is 319 g/mol. The fourth-order valence-electron chi connectivity index (χ4n) is 3.33. The second kappa shape index (κ2) is 5.74.